The van der Waals surface area contributed by atoms with E-state index < -0.39 is 9.05 Å². The number of hydrogen-bond acceptors (Lipinski definition) is 4. The zero-order valence-electron chi connectivity index (χ0n) is 12.0. The number of hydrogen-bond donors (Lipinski definition) is 0. The van der Waals surface area contributed by atoms with Crippen molar-refractivity contribution in [1.29, 1.82) is 0 Å². The monoisotopic (exact) mass is 330 g/mol. The summed E-state index contributed by atoms with van der Waals surface area (Å²) < 4.78 is 34.7. The first-order valence-electron chi connectivity index (χ1n) is 7.24. The second-order valence-electron chi connectivity index (χ2n) is 5.98. The van der Waals surface area contributed by atoms with Gasteiger partial charge >= 0.3 is 0 Å². The molecule has 3 rings (SSSR count). The predicted molar refractivity (Wildman–Crippen MR) is 80.4 cm³/mol. The van der Waals surface area contributed by atoms with Crippen LogP contribution in [0.15, 0.2) is 23.1 Å². The van der Waals surface area contributed by atoms with Crippen molar-refractivity contribution in [2.45, 2.75) is 55.6 Å². The molecule has 116 valence electrons. The topological polar surface area (TPSA) is 52.6 Å². The van der Waals surface area contributed by atoms with Gasteiger partial charge in [-0.05, 0) is 49.9 Å². The Balaban J connectivity index is 1.72. The van der Waals surface area contributed by atoms with Crippen molar-refractivity contribution in [3.8, 4) is 5.75 Å². The Morgan fingerprint density at radius 2 is 2.14 bits per heavy atom. The lowest BCUT2D eigenvalue weighted by atomic mass is 9.74. The molecule has 0 N–H and O–H groups in total. The van der Waals surface area contributed by atoms with Crippen molar-refractivity contribution in [3.05, 3.63) is 23.8 Å². The summed E-state index contributed by atoms with van der Waals surface area (Å²) in [6.07, 6.45) is 5.40. The summed E-state index contributed by atoms with van der Waals surface area (Å²) in [5, 5.41) is 0. The van der Waals surface area contributed by atoms with Gasteiger partial charge in [-0.25, -0.2) is 8.42 Å². The Morgan fingerprint density at radius 1 is 1.38 bits per heavy atom. The van der Waals surface area contributed by atoms with Crippen molar-refractivity contribution in [2.75, 3.05) is 6.61 Å². The molecular formula is C15H19ClO4S. The molecule has 0 aromatic heterocycles. The Hall–Kier alpha value is -0.780. The molecule has 1 aromatic carbocycles. The van der Waals surface area contributed by atoms with E-state index >= 15 is 0 Å². The molecule has 1 saturated carbocycles. The molecule has 21 heavy (non-hydrogen) atoms. The summed E-state index contributed by atoms with van der Waals surface area (Å²) in [5.41, 5.74) is 0.644. The molecule has 1 unspecified atom stereocenters. The first kappa shape index (κ1) is 15.1. The molecule has 0 bridgehead atoms. The van der Waals surface area contributed by atoms with Crippen LogP contribution in [0, 0.1) is 6.92 Å². The van der Waals surface area contributed by atoms with Crippen LogP contribution in [0.2, 0.25) is 0 Å². The van der Waals surface area contributed by atoms with Crippen LogP contribution in [0.25, 0.3) is 0 Å². The molecule has 1 aromatic rings. The lowest BCUT2D eigenvalue weighted by Gasteiger charge is -2.46. The van der Waals surface area contributed by atoms with Gasteiger partial charge in [0.05, 0.1) is 17.1 Å². The van der Waals surface area contributed by atoms with Crippen molar-refractivity contribution >= 4 is 19.7 Å². The van der Waals surface area contributed by atoms with Crippen LogP contribution in [-0.2, 0) is 13.8 Å². The number of rotatable bonds is 3. The second-order valence-corrected chi connectivity index (χ2v) is 8.52. The number of benzene rings is 1. The van der Waals surface area contributed by atoms with Crippen molar-refractivity contribution in [3.63, 3.8) is 0 Å². The fourth-order valence-electron chi connectivity index (χ4n) is 3.16. The van der Waals surface area contributed by atoms with E-state index in [1.165, 1.54) is 12.5 Å². The summed E-state index contributed by atoms with van der Waals surface area (Å²) in [6.45, 7) is 2.46. The maximum Gasteiger partial charge on any atom is 0.261 e. The van der Waals surface area contributed by atoms with Gasteiger partial charge in [-0.2, -0.15) is 0 Å². The summed E-state index contributed by atoms with van der Waals surface area (Å²) in [5.74, 6) is 0.693. The molecule has 1 spiro atoms. The molecule has 1 heterocycles. The van der Waals surface area contributed by atoms with E-state index in [2.05, 4.69) is 0 Å². The molecule has 2 fully saturated rings. The highest BCUT2D eigenvalue weighted by Crippen LogP contribution is 2.43. The molecule has 6 heteroatoms. The summed E-state index contributed by atoms with van der Waals surface area (Å²) in [6, 6.07) is 4.91. The van der Waals surface area contributed by atoms with E-state index in [9.17, 15) is 8.42 Å². The Kier molecular flexibility index (Phi) is 3.93. The third-order valence-corrected chi connectivity index (χ3v) is 5.91. The van der Waals surface area contributed by atoms with Crippen LogP contribution in [0.3, 0.4) is 0 Å². The van der Waals surface area contributed by atoms with Gasteiger partial charge in [0.2, 0.25) is 0 Å². The summed E-state index contributed by atoms with van der Waals surface area (Å²) >= 11 is 0. The first-order valence-corrected chi connectivity index (χ1v) is 9.55. The van der Waals surface area contributed by atoms with Crippen molar-refractivity contribution in [2.24, 2.45) is 0 Å². The van der Waals surface area contributed by atoms with Crippen LogP contribution in [0.4, 0.5) is 0 Å². The van der Waals surface area contributed by atoms with Gasteiger partial charge in [-0.15, -0.1) is 0 Å². The zero-order chi connectivity index (χ0) is 15.1. The highest BCUT2D eigenvalue weighted by atomic mass is 35.7. The maximum absolute atomic E-state index is 11.4. The van der Waals surface area contributed by atoms with Gasteiger partial charge in [0.25, 0.3) is 9.05 Å². The molecular weight excluding hydrogens is 312 g/mol. The van der Waals surface area contributed by atoms with Gasteiger partial charge in [0.1, 0.15) is 11.9 Å². The Bertz CT molecular complexity index is 637. The quantitative estimate of drug-likeness (QED) is 0.797. The number of aryl methyl sites for hydroxylation is 1. The summed E-state index contributed by atoms with van der Waals surface area (Å²) in [4.78, 5) is 0.138. The van der Waals surface area contributed by atoms with Gasteiger partial charge in [-0.1, -0.05) is 0 Å². The minimum Gasteiger partial charge on any atom is -0.490 e. The number of halogens is 1. The standard InChI is InChI=1S/C15H19ClO4S/c1-11-9-12(3-4-14(11)21(16,17)18)20-13-5-8-19-15(10-13)6-2-7-15/h3-4,9,13H,2,5-8,10H2,1H3. The molecule has 1 saturated heterocycles. The van der Waals surface area contributed by atoms with E-state index in [1.54, 1.807) is 19.1 Å². The minimum atomic E-state index is -3.70. The van der Waals surface area contributed by atoms with Crippen molar-refractivity contribution in [1.82, 2.24) is 0 Å². The fourth-order valence-corrected chi connectivity index (χ4v) is 4.36. The average Bonchev–Trinajstić information content (AvgIpc) is 2.35. The molecule has 1 aliphatic carbocycles. The highest BCUT2D eigenvalue weighted by molar-refractivity contribution is 8.13. The third-order valence-electron chi connectivity index (χ3n) is 4.42. The molecule has 0 radical (unpaired) electrons. The van der Waals surface area contributed by atoms with Crippen molar-refractivity contribution < 1.29 is 17.9 Å². The lowest BCUT2D eigenvalue weighted by Crippen LogP contribution is -2.48. The van der Waals surface area contributed by atoms with E-state index in [4.69, 9.17) is 20.2 Å². The third kappa shape index (κ3) is 3.20. The fraction of sp³-hybridized carbons (Fsp3) is 0.600. The summed E-state index contributed by atoms with van der Waals surface area (Å²) in [7, 11) is 1.69. The van der Waals surface area contributed by atoms with Crippen LogP contribution in [0.1, 0.15) is 37.7 Å². The van der Waals surface area contributed by atoms with Gasteiger partial charge in [-0.3, -0.25) is 0 Å². The predicted octanol–water partition coefficient (Wildman–Crippen LogP) is 3.40. The number of ether oxygens (including phenoxy) is 2. The lowest BCUT2D eigenvalue weighted by molar-refractivity contribution is -0.153. The maximum atomic E-state index is 11.4. The van der Waals surface area contributed by atoms with E-state index in [0.29, 0.717) is 11.3 Å². The second kappa shape index (κ2) is 5.45. The molecule has 4 nitrogen and oxygen atoms in total. The Labute approximate surface area is 129 Å². The highest BCUT2D eigenvalue weighted by Gasteiger charge is 2.43. The molecule has 2 aliphatic rings. The zero-order valence-corrected chi connectivity index (χ0v) is 13.5. The van der Waals surface area contributed by atoms with E-state index in [1.807, 2.05) is 0 Å². The van der Waals surface area contributed by atoms with Crippen LogP contribution in [-0.4, -0.2) is 26.7 Å². The van der Waals surface area contributed by atoms with Crippen LogP contribution in [0.5, 0.6) is 5.75 Å². The van der Waals surface area contributed by atoms with E-state index in [-0.39, 0.29) is 16.6 Å². The van der Waals surface area contributed by atoms with Gasteiger partial charge in [0.15, 0.2) is 0 Å². The Morgan fingerprint density at radius 3 is 2.71 bits per heavy atom. The smallest absolute Gasteiger partial charge is 0.261 e. The average molecular weight is 331 g/mol. The first-order chi connectivity index (χ1) is 9.88. The van der Waals surface area contributed by atoms with Gasteiger partial charge in [0, 0.05) is 23.5 Å². The SMILES string of the molecule is Cc1cc(OC2CCOC3(CCC3)C2)ccc1S(=O)(=O)Cl. The van der Waals surface area contributed by atoms with E-state index in [0.717, 1.165) is 32.3 Å². The molecule has 1 aliphatic heterocycles. The normalized spacial score (nSPS) is 24.6. The minimum absolute atomic E-state index is 0.0391. The largest absolute Gasteiger partial charge is 0.490 e. The molecule has 1 atom stereocenters. The van der Waals surface area contributed by atoms with Gasteiger partial charge < -0.3 is 9.47 Å². The van der Waals surface area contributed by atoms with Crippen LogP contribution >= 0.6 is 10.7 Å². The molecule has 0 amide bonds. The van der Waals surface area contributed by atoms with Crippen LogP contribution < -0.4 is 4.74 Å².